The summed E-state index contributed by atoms with van der Waals surface area (Å²) in [6.07, 6.45) is 0. The number of halogens is 1. The summed E-state index contributed by atoms with van der Waals surface area (Å²) >= 11 is 5.50. The van der Waals surface area contributed by atoms with Crippen LogP contribution < -0.4 is 0 Å². The zero-order valence-electron chi connectivity index (χ0n) is 10.8. The van der Waals surface area contributed by atoms with Gasteiger partial charge in [-0.25, -0.2) is 8.42 Å². The predicted molar refractivity (Wildman–Crippen MR) is 76.3 cm³/mol. The highest BCUT2D eigenvalue weighted by atomic mass is 35.5. The first-order chi connectivity index (χ1) is 9.52. The van der Waals surface area contributed by atoms with Crippen LogP contribution >= 0.6 is 11.6 Å². The maximum absolute atomic E-state index is 12.0. The van der Waals surface area contributed by atoms with Crippen LogP contribution in [-0.4, -0.2) is 34.4 Å². The van der Waals surface area contributed by atoms with Crippen LogP contribution in [0.3, 0.4) is 0 Å². The lowest BCUT2D eigenvalue weighted by atomic mass is 10.3. The number of tetrazole rings is 1. The van der Waals surface area contributed by atoms with E-state index in [-0.39, 0.29) is 17.3 Å². The van der Waals surface area contributed by atoms with Crippen molar-refractivity contribution < 1.29 is 8.42 Å². The van der Waals surface area contributed by atoms with Gasteiger partial charge in [0.1, 0.15) is 5.75 Å². The van der Waals surface area contributed by atoms with Gasteiger partial charge >= 0.3 is 0 Å². The summed E-state index contributed by atoms with van der Waals surface area (Å²) in [6, 6.07) is 9.12. The third kappa shape index (κ3) is 3.64. The van der Waals surface area contributed by atoms with Crippen molar-refractivity contribution in [3.63, 3.8) is 0 Å². The molecule has 0 saturated carbocycles. The Balaban J connectivity index is 2.26. The maximum Gasteiger partial charge on any atom is 0.171 e. The summed E-state index contributed by atoms with van der Waals surface area (Å²) in [6.45, 7) is 1.66. The molecule has 0 saturated heterocycles. The van der Waals surface area contributed by atoms with E-state index in [1.807, 2.05) is 18.2 Å². The van der Waals surface area contributed by atoms with Gasteiger partial charge in [-0.05, 0) is 35.1 Å². The normalized spacial score (nSPS) is 12.6. The molecule has 6 nitrogen and oxygen atoms in total. The van der Waals surface area contributed by atoms with Gasteiger partial charge < -0.3 is 0 Å². The summed E-state index contributed by atoms with van der Waals surface area (Å²) in [5.41, 5.74) is 2.55. The molecule has 0 aliphatic rings. The molecule has 1 aromatic carbocycles. The molecule has 1 aromatic heterocycles. The molecule has 0 N–H and O–H groups in total. The molecule has 0 atom stereocenters. The quantitative estimate of drug-likeness (QED) is 0.840. The fourth-order valence-corrected chi connectivity index (χ4v) is 3.31. The first-order valence-corrected chi connectivity index (χ1v) is 8.06. The molecule has 0 unspecified atom stereocenters. The van der Waals surface area contributed by atoms with E-state index >= 15 is 0 Å². The molecule has 20 heavy (non-hydrogen) atoms. The van der Waals surface area contributed by atoms with E-state index in [4.69, 9.17) is 11.6 Å². The third-order valence-electron chi connectivity index (χ3n) is 2.52. The summed E-state index contributed by atoms with van der Waals surface area (Å²) in [7, 11) is -3.36. The standard InChI is InChI=1S/C12H13ClN4O2S/c1-10(7-13)8-20(18,19)9-12-14-15-16-17(12)11-5-3-2-4-6-11/h2-7H,8-9H2,1H3/b10-7+. The Labute approximate surface area is 122 Å². The number of aromatic nitrogens is 4. The van der Waals surface area contributed by atoms with Crippen molar-refractivity contribution in [3.05, 3.63) is 47.3 Å². The number of hydrogen-bond acceptors (Lipinski definition) is 5. The van der Waals surface area contributed by atoms with Gasteiger partial charge in [0.2, 0.25) is 0 Å². The average Bonchev–Trinajstić information content (AvgIpc) is 2.86. The molecule has 2 rings (SSSR count). The number of para-hydroxylation sites is 1. The molecular weight excluding hydrogens is 300 g/mol. The van der Waals surface area contributed by atoms with Crippen LogP contribution in [0, 0.1) is 0 Å². The first-order valence-electron chi connectivity index (χ1n) is 5.81. The lowest BCUT2D eigenvalue weighted by molar-refractivity contribution is 0.595. The summed E-state index contributed by atoms with van der Waals surface area (Å²) < 4.78 is 25.5. The Bertz CT molecular complexity index is 710. The Morgan fingerprint density at radius 2 is 2.05 bits per heavy atom. The second-order valence-corrected chi connectivity index (χ2v) is 6.61. The van der Waals surface area contributed by atoms with E-state index in [9.17, 15) is 8.42 Å². The van der Waals surface area contributed by atoms with E-state index in [0.717, 1.165) is 0 Å². The van der Waals surface area contributed by atoms with Crippen LogP contribution in [0.5, 0.6) is 0 Å². The number of sulfone groups is 1. The lowest BCUT2D eigenvalue weighted by Gasteiger charge is -2.05. The fourth-order valence-electron chi connectivity index (χ4n) is 1.69. The smallest absolute Gasteiger partial charge is 0.171 e. The lowest BCUT2D eigenvalue weighted by Crippen LogP contribution is -2.14. The summed E-state index contributed by atoms with van der Waals surface area (Å²) in [5, 5.41) is 11.1. The van der Waals surface area contributed by atoms with Crippen LogP contribution in [0.25, 0.3) is 5.69 Å². The summed E-state index contributed by atoms with van der Waals surface area (Å²) in [5.74, 6) is -0.0756. The minimum atomic E-state index is -3.36. The van der Waals surface area contributed by atoms with Crippen molar-refractivity contribution in [2.24, 2.45) is 0 Å². The van der Waals surface area contributed by atoms with Crippen LogP contribution in [0.1, 0.15) is 12.7 Å². The van der Waals surface area contributed by atoms with Gasteiger partial charge in [-0.3, -0.25) is 0 Å². The number of benzene rings is 1. The van der Waals surface area contributed by atoms with Gasteiger partial charge in [-0.1, -0.05) is 29.8 Å². The van der Waals surface area contributed by atoms with Gasteiger partial charge in [0, 0.05) is 5.54 Å². The molecule has 0 aliphatic heterocycles. The minimum Gasteiger partial charge on any atom is -0.228 e. The minimum absolute atomic E-state index is 0.113. The van der Waals surface area contributed by atoms with Crippen molar-refractivity contribution in [1.29, 1.82) is 0 Å². The van der Waals surface area contributed by atoms with Crippen molar-refractivity contribution >= 4 is 21.4 Å². The molecule has 1 heterocycles. The van der Waals surface area contributed by atoms with E-state index in [1.54, 1.807) is 19.1 Å². The van der Waals surface area contributed by atoms with Crippen molar-refractivity contribution in [2.75, 3.05) is 5.75 Å². The van der Waals surface area contributed by atoms with Gasteiger partial charge in [0.25, 0.3) is 0 Å². The molecule has 0 aliphatic carbocycles. The van der Waals surface area contributed by atoms with Crippen LogP contribution in [0.15, 0.2) is 41.4 Å². The fraction of sp³-hybridized carbons (Fsp3) is 0.250. The van der Waals surface area contributed by atoms with E-state index in [0.29, 0.717) is 11.3 Å². The molecule has 0 amide bonds. The largest absolute Gasteiger partial charge is 0.228 e. The van der Waals surface area contributed by atoms with Crippen molar-refractivity contribution in [1.82, 2.24) is 20.2 Å². The van der Waals surface area contributed by atoms with E-state index in [1.165, 1.54) is 10.2 Å². The van der Waals surface area contributed by atoms with Gasteiger partial charge in [0.15, 0.2) is 15.7 Å². The number of rotatable bonds is 5. The Morgan fingerprint density at radius 3 is 2.70 bits per heavy atom. The maximum atomic E-state index is 12.0. The molecule has 106 valence electrons. The molecule has 0 radical (unpaired) electrons. The first kappa shape index (κ1) is 14.7. The second-order valence-electron chi connectivity index (χ2n) is 4.33. The van der Waals surface area contributed by atoms with E-state index in [2.05, 4.69) is 15.5 Å². The van der Waals surface area contributed by atoms with Crippen molar-refractivity contribution in [3.8, 4) is 5.69 Å². The zero-order valence-corrected chi connectivity index (χ0v) is 12.3. The number of nitrogens with zero attached hydrogens (tertiary/aromatic N) is 4. The summed E-state index contributed by atoms with van der Waals surface area (Å²) in [4.78, 5) is 0. The van der Waals surface area contributed by atoms with Crippen molar-refractivity contribution in [2.45, 2.75) is 12.7 Å². The molecular formula is C12H13ClN4O2S. The van der Waals surface area contributed by atoms with Gasteiger partial charge in [0.05, 0.1) is 11.4 Å². The molecule has 8 heteroatoms. The predicted octanol–water partition coefficient (Wildman–Crippen LogP) is 1.72. The Morgan fingerprint density at radius 1 is 1.35 bits per heavy atom. The van der Waals surface area contributed by atoms with Crippen LogP contribution in [-0.2, 0) is 15.6 Å². The molecule has 0 fully saturated rings. The monoisotopic (exact) mass is 312 g/mol. The SMILES string of the molecule is C/C(=C\Cl)CS(=O)(=O)Cc1nnnn1-c1ccccc1. The molecule has 2 aromatic rings. The van der Waals surface area contributed by atoms with Gasteiger partial charge in [-0.2, -0.15) is 4.68 Å². The number of hydrogen-bond donors (Lipinski definition) is 0. The highest BCUT2D eigenvalue weighted by molar-refractivity contribution is 7.90. The van der Waals surface area contributed by atoms with Crippen LogP contribution in [0.4, 0.5) is 0 Å². The molecule has 0 bridgehead atoms. The molecule has 0 spiro atoms. The zero-order chi connectivity index (χ0) is 14.6. The van der Waals surface area contributed by atoms with Gasteiger partial charge in [-0.15, -0.1) is 5.10 Å². The third-order valence-corrected chi connectivity index (χ3v) is 4.48. The highest BCUT2D eigenvalue weighted by Gasteiger charge is 2.18. The average molecular weight is 313 g/mol. The van der Waals surface area contributed by atoms with Crippen LogP contribution in [0.2, 0.25) is 0 Å². The Kier molecular flexibility index (Phi) is 4.51. The second kappa shape index (κ2) is 6.15. The van der Waals surface area contributed by atoms with E-state index < -0.39 is 9.84 Å². The topological polar surface area (TPSA) is 77.7 Å². The Hall–Kier alpha value is -1.73. The highest BCUT2D eigenvalue weighted by Crippen LogP contribution is 2.12.